The monoisotopic (exact) mass is 358 g/mol. The van der Waals surface area contributed by atoms with Crippen molar-refractivity contribution in [3.63, 3.8) is 0 Å². The molecule has 2 aromatic rings. The molecule has 1 aliphatic heterocycles. The Labute approximate surface area is 155 Å². The zero-order valence-corrected chi connectivity index (χ0v) is 15.3. The van der Waals surface area contributed by atoms with Gasteiger partial charge >= 0.3 is 0 Å². The van der Waals surface area contributed by atoms with Crippen molar-refractivity contribution in [2.75, 3.05) is 13.2 Å². The van der Waals surface area contributed by atoms with Crippen LogP contribution in [0.1, 0.15) is 57.2 Å². The van der Waals surface area contributed by atoms with Gasteiger partial charge in [0.05, 0.1) is 30.8 Å². The van der Waals surface area contributed by atoms with Gasteiger partial charge in [0.15, 0.2) is 5.79 Å². The van der Waals surface area contributed by atoms with Gasteiger partial charge in [-0.2, -0.15) is 5.10 Å². The number of hydrogen-bond acceptors (Lipinski definition) is 4. The van der Waals surface area contributed by atoms with E-state index in [-0.39, 0.29) is 18.6 Å². The fourth-order valence-electron chi connectivity index (χ4n) is 5.29. The van der Waals surface area contributed by atoms with Crippen molar-refractivity contribution in [2.24, 2.45) is 13.0 Å². The van der Waals surface area contributed by atoms with E-state index in [4.69, 9.17) is 14.5 Å². The van der Waals surface area contributed by atoms with Gasteiger partial charge in [0, 0.05) is 37.2 Å². The minimum Gasteiger partial charge on any atom is -0.348 e. The Kier molecular flexibility index (Phi) is 4.04. The predicted octanol–water partition coefficient (Wildman–Crippen LogP) is 3.30. The predicted molar refractivity (Wildman–Crippen MR) is 99.4 cm³/mol. The minimum absolute atomic E-state index is 0. The van der Waals surface area contributed by atoms with Crippen LogP contribution in [-0.4, -0.2) is 38.3 Å². The van der Waals surface area contributed by atoms with Crippen LogP contribution in [0.4, 0.5) is 0 Å². The lowest BCUT2D eigenvalue weighted by Gasteiger charge is -2.49. The quantitative estimate of drug-likeness (QED) is 0.785. The van der Waals surface area contributed by atoms with Crippen molar-refractivity contribution in [1.82, 2.24) is 19.3 Å². The summed E-state index contributed by atoms with van der Waals surface area (Å²) < 4.78 is 16.2. The van der Waals surface area contributed by atoms with Crippen LogP contribution in [0.5, 0.6) is 0 Å². The number of nitrogens with zero attached hydrogens (tertiary/aromatic N) is 4. The van der Waals surface area contributed by atoms with Crippen molar-refractivity contribution in [1.29, 1.82) is 0 Å². The molecule has 3 heterocycles. The molecule has 0 bridgehead atoms. The number of rotatable bonds is 1. The first-order valence-electron chi connectivity index (χ1n) is 9.36. The SMILES string of the molecule is C.Cc1nc2c(n1-c1cnn(C)c1)CCC1CC3(CCC21C)OCCO3. The van der Waals surface area contributed by atoms with E-state index in [0.29, 0.717) is 5.92 Å². The summed E-state index contributed by atoms with van der Waals surface area (Å²) in [5.41, 5.74) is 3.89. The van der Waals surface area contributed by atoms with Crippen LogP contribution < -0.4 is 0 Å². The zero-order valence-electron chi connectivity index (χ0n) is 15.3. The van der Waals surface area contributed by atoms with Crippen molar-refractivity contribution in [3.8, 4) is 5.69 Å². The van der Waals surface area contributed by atoms with Crippen molar-refractivity contribution >= 4 is 0 Å². The lowest BCUT2D eigenvalue weighted by atomic mass is 9.59. The molecule has 1 saturated heterocycles. The van der Waals surface area contributed by atoms with E-state index < -0.39 is 0 Å². The van der Waals surface area contributed by atoms with E-state index in [9.17, 15) is 0 Å². The first-order chi connectivity index (χ1) is 12.0. The van der Waals surface area contributed by atoms with Crippen LogP contribution in [0, 0.1) is 12.8 Å². The molecular weight excluding hydrogens is 328 g/mol. The number of aryl methyl sites for hydroxylation is 2. The third-order valence-corrected chi connectivity index (χ3v) is 6.66. The second-order valence-corrected chi connectivity index (χ2v) is 8.13. The van der Waals surface area contributed by atoms with Crippen LogP contribution in [0.25, 0.3) is 5.69 Å². The molecule has 1 spiro atoms. The Balaban J connectivity index is 0.00000168. The summed E-state index contributed by atoms with van der Waals surface area (Å²) in [7, 11) is 1.96. The maximum atomic E-state index is 6.01. The van der Waals surface area contributed by atoms with Gasteiger partial charge in [-0.05, 0) is 32.1 Å². The standard InChI is InChI=1S/C19H26N4O2.CH4/c1-13-21-17-16(23(13)15-11-20-22(3)12-15)5-4-14-10-19(24-8-9-25-19)7-6-18(14,17)2;/h11-12,14H,4-10H2,1-3H3;1H4. The van der Waals surface area contributed by atoms with Crippen molar-refractivity contribution < 1.29 is 9.47 Å². The molecule has 142 valence electrons. The Hall–Kier alpha value is -1.66. The second kappa shape index (κ2) is 5.92. The fraction of sp³-hybridized carbons (Fsp3) is 0.700. The highest BCUT2D eigenvalue weighted by Crippen LogP contribution is 2.54. The highest BCUT2D eigenvalue weighted by Gasteiger charge is 2.53. The van der Waals surface area contributed by atoms with E-state index in [2.05, 4.69) is 29.7 Å². The molecule has 2 unspecified atom stereocenters. The van der Waals surface area contributed by atoms with Crippen LogP contribution in [0.3, 0.4) is 0 Å². The Morgan fingerprint density at radius 2 is 2.00 bits per heavy atom. The van der Waals surface area contributed by atoms with Gasteiger partial charge in [0.25, 0.3) is 0 Å². The van der Waals surface area contributed by atoms with Gasteiger partial charge in [-0.25, -0.2) is 4.98 Å². The molecule has 0 radical (unpaired) electrons. The third-order valence-electron chi connectivity index (χ3n) is 6.66. The maximum absolute atomic E-state index is 6.01. The summed E-state index contributed by atoms with van der Waals surface area (Å²) in [5, 5.41) is 4.34. The van der Waals surface area contributed by atoms with Crippen molar-refractivity contribution in [3.05, 3.63) is 29.6 Å². The maximum Gasteiger partial charge on any atom is 0.168 e. The fourth-order valence-corrected chi connectivity index (χ4v) is 5.29. The summed E-state index contributed by atoms with van der Waals surface area (Å²) in [4.78, 5) is 5.05. The minimum atomic E-state index is -0.317. The van der Waals surface area contributed by atoms with Crippen molar-refractivity contribution in [2.45, 2.75) is 64.6 Å². The molecule has 26 heavy (non-hydrogen) atoms. The normalized spacial score (nSPS) is 29.3. The van der Waals surface area contributed by atoms with E-state index in [1.807, 2.05) is 17.9 Å². The average Bonchev–Trinajstić information content (AvgIpc) is 3.28. The molecule has 6 heteroatoms. The van der Waals surface area contributed by atoms with E-state index in [1.54, 1.807) is 0 Å². The molecule has 5 rings (SSSR count). The molecule has 2 fully saturated rings. The molecule has 0 amide bonds. The van der Waals surface area contributed by atoms with Gasteiger partial charge in [-0.15, -0.1) is 0 Å². The second-order valence-electron chi connectivity index (χ2n) is 8.13. The Morgan fingerprint density at radius 1 is 1.23 bits per heavy atom. The zero-order chi connectivity index (χ0) is 17.2. The largest absolute Gasteiger partial charge is 0.348 e. The molecule has 6 nitrogen and oxygen atoms in total. The van der Waals surface area contributed by atoms with Gasteiger partial charge in [-0.1, -0.05) is 14.4 Å². The highest BCUT2D eigenvalue weighted by atomic mass is 16.7. The van der Waals surface area contributed by atoms with Gasteiger partial charge in [0.2, 0.25) is 0 Å². The van der Waals surface area contributed by atoms with Crippen LogP contribution in [0.15, 0.2) is 12.4 Å². The molecule has 0 aromatic carbocycles. The van der Waals surface area contributed by atoms with E-state index in [0.717, 1.165) is 50.4 Å². The highest BCUT2D eigenvalue weighted by molar-refractivity contribution is 5.39. The third kappa shape index (κ3) is 2.38. The van der Waals surface area contributed by atoms with E-state index >= 15 is 0 Å². The van der Waals surface area contributed by atoms with Crippen LogP contribution in [-0.2, 0) is 28.4 Å². The molecule has 0 N–H and O–H groups in total. The lowest BCUT2D eigenvalue weighted by molar-refractivity contribution is -0.199. The first-order valence-corrected chi connectivity index (χ1v) is 9.36. The number of imidazole rings is 1. The van der Waals surface area contributed by atoms with Gasteiger partial charge in [-0.3, -0.25) is 9.25 Å². The Morgan fingerprint density at radius 3 is 2.69 bits per heavy atom. The Bertz CT molecular complexity index is 818. The first kappa shape index (κ1) is 17.7. The smallest absolute Gasteiger partial charge is 0.168 e. The van der Waals surface area contributed by atoms with Crippen LogP contribution >= 0.6 is 0 Å². The molecule has 1 saturated carbocycles. The number of ether oxygens (including phenoxy) is 2. The summed E-state index contributed by atoms with van der Waals surface area (Å²) >= 11 is 0. The van der Waals surface area contributed by atoms with Gasteiger partial charge < -0.3 is 9.47 Å². The summed E-state index contributed by atoms with van der Waals surface area (Å²) in [6.45, 7) is 5.99. The van der Waals surface area contributed by atoms with Gasteiger partial charge in [0.1, 0.15) is 5.82 Å². The number of aromatic nitrogens is 4. The summed E-state index contributed by atoms with van der Waals surface area (Å²) in [6.07, 6.45) is 9.28. The number of hydrogen-bond donors (Lipinski definition) is 0. The molecular formula is C20H30N4O2. The van der Waals surface area contributed by atoms with E-state index in [1.165, 1.54) is 17.8 Å². The average molecular weight is 358 g/mol. The molecule has 2 aliphatic carbocycles. The summed E-state index contributed by atoms with van der Waals surface area (Å²) in [6, 6.07) is 0. The number of fused-ring (bicyclic) bond motifs is 3. The molecule has 2 aromatic heterocycles. The topological polar surface area (TPSA) is 54.1 Å². The summed E-state index contributed by atoms with van der Waals surface area (Å²) in [5.74, 6) is 1.32. The van der Waals surface area contributed by atoms with Crippen LogP contribution in [0.2, 0.25) is 0 Å². The molecule has 2 atom stereocenters. The lowest BCUT2D eigenvalue weighted by Crippen LogP contribution is -2.49. The molecule has 3 aliphatic rings.